The van der Waals surface area contributed by atoms with Crippen LogP contribution < -0.4 is 5.32 Å². The van der Waals surface area contributed by atoms with Crippen molar-refractivity contribution in [1.29, 1.82) is 0 Å². The molecule has 0 aliphatic rings. The van der Waals surface area contributed by atoms with E-state index in [1.54, 1.807) is 11.8 Å². The summed E-state index contributed by atoms with van der Waals surface area (Å²) in [5, 5.41) is 4.34. The topological polar surface area (TPSA) is 24.4 Å². The van der Waals surface area contributed by atoms with Crippen LogP contribution in [0.5, 0.6) is 0 Å². The van der Waals surface area contributed by atoms with Gasteiger partial charge in [0.25, 0.3) is 0 Å². The maximum Gasteiger partial charge on any atom is 0.155 e. The summed E-state index contributed by atoms with van der Waals surface area (Å²) in [4.78, 5) is 4.09. The minimum Gasteiger partial charge on any atom is -0.365 e. The van der Waals surface area contributed by atoms with E-state index >= 15 is 0 Å². The fourth-order valence-electron chi connectivity index (χ4n) is 0.990. The Morgan fingerprint density at radius 3 is 2.58 bits per heavy atom. The Bertz CT molecular complexity index is 124. The van der Waals surface area contributed by atoms with Crippen LogP contribution in [0.1, 0.15) is 32.6 Å². The third kappa shape index (κ3) is 6.53. The summed E-state index contributed by atoms with van der Waals surface area (Å²) in [6.45, 7) is 3.29. The van der Waals surface area contributed by atoms with E-state index in [1.807, 2.05) is 13.3 Å². The highest BCUT2D eigenvalue weighted by Gasteiger charge is 1.92. The molecule has 0 aliphatic carbocycles. The quantitative estimate of drug-likeness (QED) is 0.407. The Hall–Kier alpha value is -0.180. The number of aliphatic imine (C=N–C) groups is 1. The van der Waals surface area contributed by atoms with Crippen molar-refractivity contribution in [3.8, 4) is 0 Å². The lowest BCUT2D eigenvalue weighted by molar-refractivity contribution is 0.655. The average Bonchev–Trinajstić information content (AvgIpc) is 2.11. The molecule has 12 heavy (non-hydrogen) atoms. The third-order valence-corrected chi connectivity index (χ3v) is 2.42. The lowest BCUT2D eigenvalue weighted by Crippen LogP contribution is -2.21. The summed E-state index contributed by atoms with van der Waals surface area (Å²) in [5.41, 5.74) is 0. The van der Waals surface area contributed by atoms with E-state index in [4.69, 9.17) is 0 Å². The molecule has 3 heteroatoms. The summed E-state index contributed by atoms with van der Waals surface area (Å²) >= 11 is 1.67. The van der Waals surface area contributed by atoms with Crippen molar-refractivity contribution in [2.75, 3.05) is 19.8 Å². The van der Waals surface area contributed by atoms with Crippen LogP contribution >= 0.6 is 11.8 Å². The molecule has 0 fully saturated rings. The van der Waals surface area contributed by atoms with E-state index in [0.29, 0.717) is 0 Å². The van der Waals surface area contributed by atoms with Crippen molar-refractivity contribution in [1.82, 2.24) is 5.32 Å². The molecular formula is C9H20N2S. The fourth-order valence-corrected chi connectivity index (χ4v) is 1.42. The van der Waals surface area contributed by atoms with Gasteiger partial charge in [0.2, 0.25) is 0 Å². The van der Waals surface area contributed by atoms with E-state index < -0.39 is 0 Å². The molecule has 0 saturated carbocycles. The molecule has 72 valence electrons. The third-order valence-electron chi connectivity index (χ3n) is 1.70. The van der Waals surface area contributed by atoms with Crippen molar-refractivity contribution in [3.05, 3.63) is 0 Å². The first kappa shape index (κ1) is 11.8. The zero-order valence-corrected chi connectivity index (χ0v) is 9.21. The van der Waals surface area contributed by atoms with Crippen molar-refractivity contribution in [2.45, 2.75) is 32.6 Å². The second-order valence-electron chi connectivity index (χ2n) is 2.72. The maximum absolute atomic E-state index is 4.09. The number of nitrogens with one attached hydrogen (secondary N) is 1. The average molecular weight is 188 g/mol. The van der Waals surface area contributed by atoms with Crippen LogP contribution in [0.15, 0.2) is 4.99 Å². The highest BCUT2D eigenvalue weighted by molar-refractivity contribution is 8.13. The number of thioether (sulfide) groups is 1. The molecule has 0 aromatic heterocycles. The molecule has 2 nitrogen and oxygen atoms in total. The highest BCUT2D eigenvalue weighted by atomic mass is 32.2. The monoisotopic (exact) mass is 188 g/mol. The lowest BCUT2D eigenvalue weighted by atomic mass is 10.2. The standard InChI is InChI=1S/C9H20N2S/c1-4-5-6-7-8-11-9(10-2)12-3/h4-8H2,1-3H3,(H,10,11). The van der Waals surface area contributed by atoms with E-state index in [2.05, 4.69) is 17.2 Å². The van der Waals surface area contributed by atoms with Gasteiger partial charge in [-0.1, -0.05) is 37.9 Å². The normalized spacial score (nSPS) is 11.8. The molecule has 1 N–H and O–H groups in total. The largest absolute Gasteiger partial charge is 0.365 e. The SMILES string of the molecule is CCCCCCNC(=NC)SC. The number of hydrogen-bond acceptors (Lipinski definition) is 2. The molecule has 0 atom stereocenters. The number of amidine groups is 1. The Morgan fingerprint density at radius 1 is 1.33 bits per heavy atom. The molecule has 0 radical (unpaired) electrons. The van der Waals surface area contributed by atoms with E-state index in [9.17, 15) is 0 Å². The fraction of sp³-hybridized carbons (Fsp3) is 0.889. The zero-order chi connectivity index (χ0) is 9.23. The van der Waals surface area contributed by atoms with Gasteiger partial charge in [-0.25, -0.2) is 0 Å². The van der Waals surface area contributed by atoms with Gasteiger partial charge in [-0.15, -0.1) is 0 Å². The highest BCUT2D eigenvalue weighted by Crippen LogP contribution is 1.98. The van der Waals surface area contributed by atoms with Gasteiger partial charge in [-0.3, -0.25) is 4.99 Å². The first-order chi connectivity index (χ1) is 5.85. The smallest absolute Gasteiger partial charge is 0.155 e. The van der Waals surface area contributed by atoms with Crippen molar-refractivity contribution in [3.63, 3.8) is 0 Å². The van der Waals surface area contributed by atoms with E-state index in [0.717, 1.165) is 11.7 Å². The van der Waals surface area contributed by atoms with E-state index in [1.165, 1.54) is 25.7 Å². The van der Waals surface area contributed by atoms with Crippen molar-refractivity contribution >= 4 is 16.9 Å². The number of hydrogen-bond donors (Lipinski definition) is 1. The number of unbranched alkanes of at least 4 members (excludes halogenated alkanes) is 3. The summed E-state index contributed by atoms with van der Waals surface area (Å²) in [7, 11) is 1.82. The summed E-state index contributed by atoms with van der Waals surface area (Å²) in [6, 6.07) is 0. The molecule has 0 spiro atoms. The minimum atomic E-state index is 1.05. The second-order valence-corrected chi connectivity index (χ2v) is 3.52. The Balaban J connectivity index is 3.18. The molecule has 0 saturated heterocycles. The molecule has 0 unspecified atom stereocenters. The number of nitrogens with zero attached hydrogens (tertiary/aromatic N) is 1. The Morgan fingerprint density at radius 2 is 2.08 bits per heavy atom. The van der Waals surface area contributed by atoms with Gasteiger partial charge in [0.15, 0.2) is 5.17 Å². The Labute approximate surface area is 80.2 Å². The minimum absolute atomic E-state index is 1.05. The van der Waals surface area contributed by atoms with Crippen molar-refractivity contribution < 1.29 is 0 Å². The molecule has 0 amide bonds. The molecule has 0 bridgehead atoms. The second kappa shape index (κ2) is 8.91. The van der Waals surface area contributed by atoms with Crippen LogP contribution in [0.2, 0.25) is 0 Å². The molecule has 0 aromatic rings. The molecule has 0 rings (SSSR count). The Kier molecular flexibility index (Phi) is 8.78. The van der Waals surface area contributed by atoms with Gasteiger partial charge in [0.1, 0.15) is 0 Å². The lowest BCUT2D eigenvalue weighted by Gasteiger charge is -2.05. The molecular weight excluding hydrogens is 168 g/mol. The van der Waals surface area contributed by atoms with Gasteiger partial charge in [-0.05, 0) is 12.7 Å². The molecule has 0 aliphatic heterocycles. The predicted molar refractivity (Wildman–Crippen MR) is 59.0 cm³/mol. The van der Waals surface area contributed by atoms with Gasteiger partial charge in [0, 0.05) is 13.6 Å². The summed E-state index contributed by atoms with van der Waals surface area (Å²) in [5.74, 6) is 0. The van der Waals surface area contributed by atoms with Gasteiger partial charge in [-0.2, -0.15) is 0 Å². The first-order valence-corrected chi connectivity index (χ1v) is 5.82. The van der Waals surface area contributed by atoms with Crippen LogP contribution in [-0.4, -0.2) is 25.0 Å². The summed E-state index contributed by atoms with van der Waals surface area (Å²) < 4.78 is 0. The first-order valence-electron chi connectivity index (χ1n) is 4.59. The zero-order valence-electron chi connectivity index (χ0n) is 8.39. The maximum atomic E-state index is 4.09. The van der Waals surface area contributed by atoms with Crippen LogP contribution in [0.4, 0.5) is 0 Å². The van der Waals surface area contributed by atoms with Crippen LogP contribution in [0, 0.1) is 0 Å². The van der Waals surface area contributed by atoms with E-state index in [-0.39, 0.29) is 0 Å². The van der Waals surface area contributed by atoms with Gasteiger partial charge >= 0.3 is 0 Å². The van der Waals surface area contributed by atoms with Gasteiger partial charge < -0.3 is 5.32 Å². The van der Waals surface area contributed by atoms with Crippen molar-refractivity contribution in [2.24, 2.45) is 4.99 Å². The molecule has 0 aromatic carbocycles. The van der Waals surface area contributed by atoms with Crippen LogP contribution in [0.25, 0.3) is 0 Å². The van der Waals surface area contributed by atoms with Crippen LogP contribution in [-0.2, 0) is 0 Å². The van der Waals surface area contributed by atoms with Gasteiger partial charge in [0.05, 0.1) is 0 Å². The predicted octanol–water partition coefficient (Wildman–Crippen LogP) is 2.51. The summed E-state index contributed by atoms with van der Waals surface area (Å²) in [6.07, 6.45) is 7.28. The number of rotatable bonds is 5. The molecule has 0 heterocycles. The van der Waals surface area contributed by atoms with Crippen LogP contribution in [0.3, 0.4) is 0 Å².